The van der Waals surface area contributed by atoms with Gasteiger partial charge in [0.1, 0.15) is 34.8 Å². The number of imide groups is 3. The Kier molecular flexibility index (Phi) is 29.7. The summed E-state index contributed by atoms with van der Waals surface area (Å²) in [5.41, 5.74) is 15.2. The smallest absolute Gasteiger partial charge is 0.322 e. The summed E-state index contributed by atoms with van der Waals surface area (Å²) >= 11 is 0. The number of ketones is 1. The predicted octanol–water partition coefficient (Wildman–Crippen LogP) is 11.6. The van der Waals surface area contributed by atoms with E-state index in [4.69, 9.17) is 0 Å². The van der Waals surface area contributed by atoms with Crippen LogP contribution in [-0.4, -0.2) is 176 Å². The van der Waals surface area contributed by atoms with Gasteiger partial charge in [-0.15, -0.1) is 0 Å². The van der Waals surface area contributed by atoms with E-state index in [1.807, 2.05) is 178 Å². The highest BCUT2D eigenvalue weighted by molar-refractivity contribution is 6.08. The van der Waals surface area contributed by atoms with Crippen molar-refractivity contribution in [1.82, 2.24) is 55.2 Å². The molecule has 10 aromatic carbocycles. The Morgan fingerprint density at radius 3 is 1.31 bits per heavy atom. The number of amides is 8. The van der Waals surface area contributed by atoms with Crippen LogP contribution in [0, 0.1) is 5.92 Å². The highest BCUT2D eigenvalue weighted by Gasteiger charge is 2.40. The lowest BCUT2D eigenvalue weighted by atomic mass is 9.98. The van der Waals surface area contributed by atoms with Crippen LogP contribution in [0.1, 0.15) is 101 Å². The molecule has 9 heterocycles. The molecule has 8 amide bonds. The maximum Gasteiger partial charge on any atom is 0.322 e. The third kappa shape index (κ3) is 24.0. The molecule has 0 saturated carbocycles. The number of hydrogen-bond acceptors (Lipinski definition) is 21. The second-order valence-corrected chi connectivity index (χ2v) is 33.6. The van der Waals surface area contributed by atoms with Gasteiger partial charge in [0.2, 0.25) is 29.5 Å². The summed E-state index contributed by atoms with van der Waals surface area (Å²) in [6, 6.07) is 84.6. The number of urea groups is 1. The molecule has 6 aliphatic rings. The van der Waals surface area contributed by atoms with Gasteiger partial charge in [-0.3, -0.25) is 49.5 Å². The van der Waals surface area contributed by atoms with Crippen LogP contribution < -0.4 is 46.2 Å². The third-order valence-corrected chi connectivity index (χ3v) is 24.0. The van der Waals surface area contributed by atoms with Gasteiger partial charge < -0.3 is 74.6 Å². The summed E-state index contributed by atoms with van der Waals surface area (Å²) in [5.74, 6) is -1.40. The van der Waals surface area contributed by atoms with E-state index in [0.29, 0.717) is 58.2 Å². The molecule has 29 nitrogen and oxygen atoms in total. The number of anilines is 4. The standard InChI is InChI=1S/C21H20N4O3.2C21H19N3O3.C21H23N3O3.C19H24N2O2/c26-16-8-4-7-15(9-16)12-25-13-22-17(10-14-5-2-1-3-6-14)19(25)11-18-20(27)24-21(28)23-18;25-17-8-4-5-14(9-17)12-24-13-22-20(15-6-2-1-3-7-15)18(24)10-16-11-19(26)23-21(16)27;25-16-8-4-7-15(9-16)12-24-13-22-18(10-14-5-2-1-3-6-14)20(24)17-11-19(26)23-21(17)27;25-18-8-4-7-16(11-18)24-10-9-23(15-5-2-1-3-6-15)14-17(24)12-19-20(26)13-21(27)22-19;1-15(22)12-18-14-20(16-6-3-2-4-7-16)10-11-21(18)17-8-5-9-19(23)13-17/h1-9,13,18,26H,10-12H2,(H2,23,24,27,28);1-9,13,16,25H,10-12H2,(H,23,26,27);1-9,13,17,25H,10-12H2,(H,23,26,27);1-8,11,17,19,25H,9-10,12-14H2,(H,22,27);2-9,13,15,18,22-23H,10-12,14H2,1H3. The van der Waals surface area contributed by atoms with Crippen molar-refractivity contribution in [2.24, 2.45) is 5.92 Å². The molecule has 7 atom stereocenters. The number of phenols is 5. The fourth-order valence-electron chi connectivity index (χ4n) is 17.7. The monoisotopic (exact) mass is 1780 g/mol. The van der Waals surface area contributed by atoms with Crippen molar-refractivity contribution >= 4 is 70.0 Å². The summed E-state index contributed by atoms with van der Waals surface area (Å²) in [6.07, 6.45) is 8.41. The molecule has 6 aliphatic heterocycles. The van der Waals surface area contributed by atoms with Crippen LogP contribution in [0.2, 0.25) is 0 Å². The molecule has 11 N–H and O–H groups in total. The first-order valence-electron chi connectivity index (χ1n) is 44.1. The number of rotatable bonds is 24. The Balaban J connectivity index is 0.000000126. The number of aliphatic hydroxyl groups excluding tert-OH is 1. The van der Waals surface area contributed by atoms with Crippen LogP contribution in [0.4, 0.5) is 27.5 Å². The fourth-order valence-corrected chi connectivity index (χ4v) is 17.7. The van der Waals surface area contributed by atoms with Crippen molar-refractivity contribution in [3.05, 3.63) is 348 Å². The molecule has 19 rings (SSSR count). The van der Waals surface area contributed by atoms with E-state index in [1.165, 1.54) is 5.69 Å². The van der Waals surface area contributed by atoms with E-state index in [9.17, 15) is 69.0 Å². The number of nitrogens with zero attached hydrogens (tertiary/aromatic N) is 10. The van der Waals surface area contributed by atoms with Crippen LogP contribution in [0.15, 0.2) is 292 Å². The fraction of sp³-hybridized carbons (Fsp3) is 0.252. The molecule has 132 heavy (non-hydrogen) atoms. The maximum atomic E-state index is 12.3. The molecule has 3 aromatic heterocycles. The number of carbonyl (C=O) groups excluding carboxylic acids is 8. The Bertz CT molecular complexity index is 6190. The number of Topliss-reactive ketones (excluding diaryl/α,β-unsaturated/α-hetero) is 1. The highest BCUT2D eigenvalue weighted by atomic mass is 16.3. The topological polar surface area (TPSA) is 385 Å². The van der Waals surface area contributed by atoms with Gasteiger partial charge in [-0.05, 0) is 133 Å². The van der Waals surface area contributed by atoms with Gasteiger partial charge >= 0.3 is 6.03 Å². The van der Waals surface area contributed by atoms with Crippen molar-refractivity contribution in [3.8, 4) is 40.0 Å². The molecule has 29 heteroatoms. The molecule has 13 aromatic rings. The Hall–Kier alpha value is -15.7. The Morgan fingerprint density at radius 1 is 0.394 bits per heavy atom. The summed E-state index contributed by atoms with van der Waals surface area (Å²) in [4.78, 5) is 118. The van der Waals surface area contributed by atoms with Crippen LogP contribution in [0.25, 0.3) is 11.3 Å². The van der Waals surface area contributed by atoms with E-state index < -0.39 is 24.0 Å². The molecule has 0 spiro atoms. The number of aromatic hydroxyl groups is 5. The second-order valence-electron chi connectivity index (χ2n) is 33.6. The predicted molar refractivity (Wildman–Crippen MR) is 500 cm³/mol. The third-order valence-electron chi connectivity index (χ3n) is 24.0. The lowest BCUT2D eigenvalue weighted by Gasteiger charge is -2.44. The van der Waals surface area contributed by atoms with Crippen molar-refractivity contribution in [2.45, 2.75) is 121 Å². The second kappa shape index (κ2) is 43.0. The minimum Gasteiger partial charge on any atom is -0.508 e. The molecular formula is C103H105N15O14. The normalized spacial score (nSPS) is 18.3. The zero-order chi connectivity index (χ0) is 92.2. The molecule has 6 fully saturated rings. The van der Waals surface area contributed by atoms with Gasteiger partial charge in [-0.25, -0.2) is 19.7 Å². The number of imidazole rings is 3. The average molecular weight is 1780 g/mol. The molecule has 6 saturated heterocycles. The number of phenolic OH excluding ortho intramolecular Hbond substituents is 5. The molecular weight excluding hydrogens is 1670 g/mol. The van der Waals surface area contributed by atoms with Gasteiger partial charge in [0, 0.05) is 161 Å². The largest absolute Gasteiger partial charge is 0.508 e. The minimum atomic E-state index is -0.623. The number of aliphatic hydroxyl groups is 1. The van der Waals surface area contributed by atoms with E-state index in [2.05, 4.69) is 97.5 Å². The van der Waals surface area contributed by atoms with Crippen LogP contribution in [0.3, 0.4) is 0 Å². The lowest BCUT2D eigenvalue weighted by molar-refractivity contribution is -0.127. The SMILES string of the molecule is CC(O)CC1CN(c2ccccc2)CCN1c1cccc(O)c1.O=C1CC(=O)C(CC2CN(c3ccccc3)CCN2c2cccc(O)c2)N1.O=C1CC(Cc2c(-c3ccccc3)ncn2Cc2cccc(O)c2)C(=O)N1.O=C1CC(c2c(Cc3ccccc3)ncn2Cc2cccc(O)c2)C(=O)N1.O=C1NC(=O)C(Cc2c(Cc3ccccc3)ncn2Cc2cccc(O)c2)N1. The van der Waals surface area contributed by atoms with Gasteiger partial charge in [-0.2, -0.15) is 0 Å². The van der Waals surface area contributed by atoms with Crippen LogP contribution >= 0.6 is 0 Å². The van der Waals surface area contributed by atoms with Gasteiger partial charge in [0.25, 0.3) is 5.91 Å². The number of aromatic nitrogens is 6. The molecule has 0 radical (unpaired) electrons. The minimum absolute atomic E-state index is 0.0219. The van der Waals surface area contributed by atoms with Crippen LogP contribution in [0.5, 0.6) is 28.7 Å². The Labute approximate surface area is 763 Å². The number of carbonyl (C=O) groups is 8. The number of hydrogen-bond donors (Lipinski definition) is 11. The highest BCUT2D eigenvalue weighted by Crippen LogP contribution is 2.35. The summed E-state index contributed by atoms with van der Waals surface area (Å²) in [6.45, 7) is 8.36. The molecule has 0 bridgehead atoms. The zero-order valence-electron chi connectivity index (χ0n) is 72.9. The summed E-state index contributed by atoms with van der Waals surface area (Å²) in [7, 11) is 0. The first-order valence-corrected chi connectivity index (χ1v) is 44.1. The Morgan fingerprint density at radius 2 is 0.833 bits per heavy atom. The number of benzene rings is 10. The average Bonchev–Trinajstić information content (AvgIpc) is 1.37. The van der Waals surface area contributed by atoms with Crippen LogP contribution in [-0.2, 0) is 78.9 Å². The van der Waals surface area contributed by atoms with E-state index in [1.54, 1.807) is 97.8 Å². The van der Waals surface area contributed by atoms with Crippen molar-refractivity contribution in [1.29, 1.82) is 0 Å². The lowest BCUT2D eigenvalue weighted by Crippen LogP contribution is -2.55. The molecule has 7 unspecified atom stereocenters. The van der Waals surface area contributed by atoms with Gasteiger partial charge in [0.05, 0.1) is 72.2 Å². The number of piperazine rings is 2. The molecule has 676 valence electrons. The van der Waals surface area contributed by atoms with Crippen molar-refractivity contribution in [3.63, 3.8) is 0 Å². The first kappa shape index (κ1) is 91.1. The van der Waals surface area contributed by atoms with E-state index in [0.717, 1.165) is 124 Å². The van der Waals surface area contributed by atoms with E-state index >= 15 is 0 Å². The van der Waals surface area contributed by atoms with Gasteiger partial charge in [0.15, 0.2) is 5.78 Å². The first-order chi connectivity index (χ1) is 64.0. The maximum absolute atomic E-state index is 12.3. The summed E-state index contributed by atoms with van der Waals surface area (Å²) in [5, 5.41) is 71.2. The zero-order valence-corrected chi connectivity index (χ0v) is 72.9. The molecule has 0 aliphatic carbocycles. The van der Waals surface area contributed by atoms with E-state index in [-0.39, 0.29) is 113 Å². The number of para-hydroxylation sites is 2. The van der Waals surface area contributed by atoms with Crippen molar-refractivity contribution in [2.75, 3.05) is 58.9 Å². The summed E-state index contributed by atoms with van der Waals surface area (Å²) < 4.78 is 5.84. The van der Waals surface area contributed by atoms with Crippen molar-refractivity contribution < 1.29 is 69.0 Å². The number of nitrogens with one attached hydrogen (secondary N) is 5. The van der Waals surface area contributed by atoms with Gasteiger partial charge in [-0.1, -0.05) is 176 Å². The quantitative estimate of drug-likeness (QED) is 0.0152.